The minimum atomic E-state index is -0.954. The summed E-state index contributed by atoms with van der Waals surface area (Å²) in [5, 5.41) is 18.2. The van der Waals surface area contributed by atoms with Crippen LogP contribution in [0.25, 0.3) is 11.0 Å². The standard InChI is InChI=1S/C20H11BrFN3O5S/c1-29-13-5-8(4-11(21)17(13)27)15-14-16(26)10-6-9(22)2-3-12(10)30-18(14)19(28)25(15)20-24-23-7-31-20/h2-7,15,27H,1H3. The second-order valence-corrected chi connectivity index (χ2v) is 8.33. The number of methoxy groups -OCH3 is 1. The molecule has 0 fully saturated rings. The van der Waals surface area contributed by atoms with E-state index in [2.05, 4.69) is 26.1 Å². The van der Waals surface area contributed by atoms with E-state index < -0.39 is 23.2 Å². The lowest BCUT2D eigenvalue weighted by atomic mass is 9.98. The fraction of sp³-hybridized carbons (Fsp3) is 0.100. The van der Waals surface area contributed by atoms with Crippen molar-refractivity contribution < 1.29 is 23.4 Å². The lowest BCUT2D eigenvalue weighted by Gasteiger charge is -2.23. The molecule has 0 radical (unpaired) electrons. The fourth-order valence-electron chi connectivity index (χ4n) is 3.64. The highest BCUT2D eigenvalue weighted by Gasteiger charge is 2.45. The predicted molar refractivity (Wildman–Crippen MR) is 113 cm³/mol. The zero-order valence-electron chi connectivity index (χ0n) is 15.6. The first-order valence-electron chi connectivity index (χ1n) is 8.83. The number of halogens is 2. The molecule has 1 aliphatic rings. The molecule has 1 unspecified atom stereocenters. The molecule has 0 bridgehead atoms. The van der Waals surface area contributed by atoms with E-state index in [0.29, 0.717) is 10.0 Å². The third-order valence-electron chi connectivity index (χ3n) is 4.97. The topological polar surface area (TPSA) is 106 Å². The van der Waals surface area contributed by atoms with E-state index in [4.69, 9.17) is 9.15 Å². The SMILES string of the molecule is COc1cc(C2c3c(oc4ccc(F)cc4c3=O)C(=O)N2c2nncs2)cc(Br)c1O. The van der Waals surface area contributed by atoms with E-state index >= 15 is 0 Å². The average Bonchev–Trinajstić information content (AvgIpc) is 3.37. The fourth-order valence-corrected chi connectivity index (χ4v) is 4.68. The summed E-state index contributed by atoms with van der Waals surface area (Å²) in [6.07, 6.45) is 0. The highest BCUT2D eigenvalue weighted by atomic mass is 79.9. The van der Waals surface area contributed by atoms with Crippen molar-refractivity contribution in [1.29, 1.82) is 0 Å². The number of rotatable bonds is 3. The number of amides is 1. The Labute approximate surface area is 185 Å². The first-order valence-corrected chi connectivity index (χ1v) is 10.5. The zero-order valence-corrected chi connectivity index (χ0v) is 18.0. The summed E-state index contributed by atoms with van der Waals surface area (Å²) in [4.78, 5) is 28.0. The Kier molecular flexibility index (Phi) is 4.52. The summed E-state index contributed by atoms with van der Waals surface area (Å²) in [6, 6.07) is 5.65. The Morgan fingerprint density at radius 1 is 1.29 bits per heavy atom. The third kappa shape index (κ3) is 2.92. The van der Waals surface area contributed by atoms with Gasteiger partial charge in [0.05, 0.1) is 28.6 Å². The van der Waals surface area contributed by atoms with Crippen molar-refractivity contribution in [3.63, 3.8) is 0 Å². The Bertz CT molecular complexity index is 1420. The molecule has 3 heterocycles. The number of ether oxygens (including phenoxy) is 1. The predicted octanol–water partition coefficient (Wildman–Crippen LogP) is 4.01. The van der Waals surface area contributed by atoms with Crippen molar-refractivity contribution in [3.8, 4) is 11.5 Å². The van der Waals surface area contributed by atoms with Crippen LogP contribution >= 0.6 is 27.3 Å². The lowest BCUT2D eigenvalue weighted by Crippen LogP contribution is -2.29. The van der Waals surface area contributed by atoms with Crippen LogP contribution in [0.4, 0.5) is 9.52 Å². The smallest absolute Gasteiger partial charge is 0.297 e. The molecule has 8 nitrogen and oxygen atoms in total. The van der Waals surface area contributed by atoms with Gasteiger partial charge in [-0.2, -0.15) is 0 Å². The molecule has 156 valence electrons. The number of phenols is 1. The number of fused-ring (bicyclic) bond motifs is 2. The van der Waals surface area contributed by atoms with Crippen molar-refractivity contribution in [1.82, 2.24) is 10.2 Å². The number of hydrogen-bond donors (Lipinski definition) is 1. The number of carbonyl (C=O) groups excluding carboxylic acids is 1. The van der Waals surface area contributed by atoms with Crippen LogP contribution < -0.4 is 15.1 Å². The molecule has 5 rings (SSSR count). The van der Waals surface area contributed by atoms with Gasteiger partial charge >= 0.3 is 0 Å². The van der Waals surface area contributed by atoms with E-state index in [9.17, 15) is 19.1 Å². The Morgan fingerprint density at radius 3 is 2.81 bits per heavy atom. The number of aromatic hydroxyl groups is 1. The van der Waals surface area contributed by atoms with Gasteiger partial charge in [0.1, 0.15) is 16.9 Å². The molecule has 1 amide bonds. The maximum Gasteiger partial charge on any atom is 0.297 e. The molecule has 0 aliphatic carbocycles. The maximum atomic E-state index is 13.8. The molecular formula is C20H11BrFN3O5S. The van der Waals surface area contributed by atoms with E-state index in [-0.39, 0.29) is 38.9 Å². The summed E-state index contributed by atoms with van der Waals surface area (Å²) in [5.74, 6) is -1.34. The van der Waals surface area contributed by atoms with Gasteiger partial charge in [-0.15, -0.1) is 10.2 Å². The summed E-state index contributed by atoms with van der Waals surface area (Å²) < 4.78 is 25.1. The monoisotopic (exact) mass is 503 g/mol. The zero-order chi connectivity index (χ0) is 21.9. The van der Waals surface area contributed by atoms with Crippen molar-refractivity contribution >= 4 is 49.3 Å². The molecule has 4 aromatic rings. The highest BCUT2D eigenvalue weighted by molar-refractivity contribution is 9.10. The van der Waals surface area contributed by atoms with Gasteiger partial charge in [-0.05, 0) is 51.8 Å². The molecule has 1 atom stereocenters. The maximum absolute atomic E-state index is 13.8. The molecule has 1 N–H and O–H groups in total. The van der Waals surface area contributed by atoms with Crippen LogP contribution in [0.5, 0.6) is 11.5 Å². The van der Waals surface area contributed by atoms with Crippen molar-refractivity contribution in [2.45, 2.75) is 6.04 Å². The summed E-state index contributed by atoms with van der Waals surface area (Å²) >= 11 is 4.38. The van der Waals surface area contributed by atoms with Gasteiger partial charge in [0.15, 0.2) is 16.9 Å². The summed E-state index contributed by atoms with van der Waals surface area (Å²) in [5.41, 5.74) is 1.51. The molecule has 0 saturated carbocycles. The van der Waals surface area contributed by atoms with Crippen LogP contribution in [0.15, 0.2) is 49.5 Å². The summed E-state index contributed by atoms with van der Waals surface area (Å²) in [7, 11) is 1.38. The first-order chi connectivity index (χ1) is 14.9. The molecule has 0 spiro atoms. The van der Waals surface area contributed by atoms with Gasteiger partial charge in [0.25, 0.3) is 5.91 Å². The average molecular weight is 504 g/mol. The first kappa shape index (κ1) is 19.6. The van der Waals surface area contributed by atoms with Crippen LogP contribution in [-0.2, 0) is 0 Å². The second kappa shape index (κ2) is 7.13. The molecule has 11 heteroatoms. The van der Waals surface area contributed by atoms with Crippen molar-refractivity contribution in [3.05, 3.63) is 73.2 Å². The quantitative estimate of drug-likeness (QED) is 0.450. The van der Waals surface area contributed by atoms with Gasteiger partial charge in [-0.25, -0.2) is 4.39 Å². The van der Waals surface area contributed by atoms with E-state index in [0.717, 1.165) is 23.5 Å². The minimum absolute atomic E-state index is 0.0143. The lowest BCUT2D eigenvalue weighted by molar-refractivity contribution is 0.0970. The van der Waals surface area contributed by atoms with Crippen molar-refractivity contribution in [2.24, 2.45) is 0 Å². The largest absolute Gasteiger partial charge is 0.503 e. The number of phenolic OH excluding ortho intramolecular Hbond substituents is 1. The van der Waals surface area contributed by atoms with Crippen LogP contribution in [0.3, 0.4) is 0 Å². The number of anilines is 1. The van der Waals surface area contributed by atoms with Crippen LogP contribution in [-0.4, -0.2) is 28.3 Å². The van der Waals surface area contributed by atoms with Crippen LogP contribution in [0.1, 0.15) is 27.7 Å². The minimum Gasteiger partial charge on any atom is -0.503 e. The van der Waals surface area contributed by atoms with E-state index in [1.54, 1.807) is 6.07 Å². The van der Waals surface area contributed by atoms with Gasteiger partial charge in [0, 0.05) is 0 Å². The highest BCUT2D eigenvalue weighted by Crippen LogP contribution is 2.45. The summed E-state index contributed by atoms with van der Waals surface area (Å²) in [6.45, 7) is 0. The Hall–Kier alpha value is -3.31. The molecular weight excluding hydrogens is 493 g/mol. The third-order valence-corrected chi connectivity index (χ3v) is 6.27. The molecule has 2 aromatic carbocycles. The number of carbonyl (C=O) groups is 1. The number of hydrogen-bond acceptors (Lipinski definition) is 8. The molecule has 2 aromatic heterocycles. The van der Waals surface area contributed by atoms with Crippen LogP contribution in [0, 0.1) is 5.82 Å². The van der Waals surface area contributed by atoms with E-state index in [1.807, 2.05) is 0 Å². The number of nitrogens with zero attached hydrogens (tertiary/aromatic N) is 3. The van der Waals surface area contributed by atoms with Gasteiger partial charge < -0.3 is 14.3 Å². The molecule has 0 saturated heterocycles. The van der Waals surface area contributed by atoms with E-state index in [1.165, 1.54) is 29.7 Å². The number of aromatic nitrogens is 2. The van der Waals surface area contributed by atoms with Gasteiger partial charge in [0.2, 0.25) is 10.9 Å². The van der Waals surface area contributed by atoms with Crippen LogP contribution in [0.2, 0.25) is 0 Å². The second-order valence-electron chi connectivity index (χ2n) is 6.67. The Balaban J connectivity index is 1.85. The molecule has 1 aliphatic heterocycles. The van der Waals surface area contributed by atoms with Gasteiger partial charge in [-0.1, -0.05) is 11.3 Å². The Morgan fingerprint density at radius 2 is 2.10 bits per heavy atom. The normalized spacial score (nSPS) is 15.5. The van der Waals surface area contributed by atoms with Gasteiger partial charge in [-0.3, -0.25) is 14.5 Å². The number of benzene rings is 2. The molecule has 31 heavy (non-hydrogen) atoms. The van der Waals surface area contributed by atoms with Crippen molar-refractivity contribution in [2.75, 3.05) is 12.0 Å².